The second kappa shape index (κ2) is 7.27. The van der Waals surface area contributed by atoms with Gasteiger partial charge in [0.2, 0.25) is 0 Å². The van der Waals surface area contributed by atoms with E-state index in [1.165, 1.54) is 31.2 Å². The van der Waals surface area contributed by atoms with Crippen molar-refractivity contribution in [3.05, 3.63) is 65.2 Å². The van der Waals surface area contributed by atoms with Gasteiger partial charge in [0.1, 0.15) is 5.75 Å². The first-order chi connectivity index (χ1) is 12.0. The Hall–Kier alpha value is -2.71. The minimum atomic E-state index is -4.83. The maximum absolute atomic E-state index is 13.0. The molecule has 0 aromatic heterocycles. The van der Waals surface area contributed by atoms with Gasteiger partial charge in [-0.1, -0.05) is 24.3 Å². The highest BCUT2D eigenvalue weighted by molar-refractivity contribution is 5.96. The standard InChI is InChI=1S/C17H13F6NO2/c1-10(11-6-8-12(9-7-11)26-17(21,22)23)24-15(25)13-4-2-3-5-14(13)16(18,19)20/h2-10H,1H3,(H,24,25)/t10-/m1/s1. The van der Waals surface area contributed by atoms with Crippen LogP contribution in [0.2, 0.25) is 0 Å². The summed E-state index contributed by atoms with van der Waals surface area (Å²) in [7, 11) is 0. The van der Waals surface area contributed by atoms with Gasteiger partial charge >= 0.3 is 12.5 Å². The van der Waals surface area contributed by atoms with Crippen molar-refractivity contribution < 1.29 is 35.9 Å². The van der Waals surface area contributed by atoms with Crippen molar-refractivity contribution in [1.29, 1.82) is 0 Å². The summed E-state index contributed by atoms with van der Waals surface area (Å²) in [6.45, 7) is 1.49. The molecule has 0 unspecified atom stereocenters. The van der Waals surface area contributed by atoms with E-state index in [4.69, 9.17) is 0 Å². The molecule has 1 amide bonds. The van der Waals surface area contributed by atoms with E-state index < -0.39 is 41.4 Å². The van der Waals surface area contributed by atoms with E-state index in [1.807, 2.05) is 0 Å². The van der Waals surface area contributed by atoms with Crippen LogP contribution in [0, 0.1) is 0 Å². The summed E-state index contributed by atoms with van der Waals surface area (Å²) >= 11 is 0. The van der Waals surface area contributed by atoms with Gasteiger partial charge in [-0.25, -0.2) is 0 Å². The van der Waals surface area contributed by atoms with E-state index in [9.17, 15) is 31.1 Å². The van der Waals surface area contributed by atoms with E-state index in [0.29, 0.717) is 5.56 Å². The average molecular weight is 377 g/mol. The largest absolute Gasteiger partial charge is 0.573 e. The first-order valence-corrected chi connectivity index (χ1v) is 7.30. The summed E-state index contributed by atoms with van der Waals surface area (Å²) in [6, 6.07) is 8.24. The molecule has 0 spiro atoms. The average Bonchev–Trinajstić information content (AvgIpc) is 2.53. The fraction of sp³-hybridized carbons (Fsp3) is 0.235. The molecule has 0 saturated carbocycles. The number of ether oxygens (including phenoxy) is 1. The van der Waals surface area contributed by atoms with Gasteiger partial charge in [0, 0.05) is 0 Å². The molecule has 2 aromatic rings. The monoisotopic (exact) mass is 377 g/mol. The maximum Gasteiger partial charge on any atom is 0.573 e. The molecule has 0 heterocycles. The fourth-order valence-corrected chi connectivity index (χ4v) is 2.24. The summed E-state index contributed by atoms with van der Waals surface area (Å²) in [5.74, 6) is -1.39. The van der Waals surface area contributed by atoms with Crippen molar-refractivity contribution in [2.24, 2.45) is 0 Å². The van der Waals surface area contributed by atoms with Gasteiger partial charge in [-0.3, -0.25) is 4.79 Å². The number of nitrogens with one attached hydrogen (secondary N) is 1. The van der Waals surface area contributed by atoms with Crippen molar-refractivity contribution in [2.45, 2.75) is 25.5 Å². The van der Waals surface area contributed by atoms with Crippen LogP contribution in [0.25, 0.3) is 0 Å². The van der Waals surface area contributed by atoms with E-state index in [1.54, 1.807) is 0 Å². The maximum atomic E-state index is 13.0. The van der Waals surface area contributed by atoms with Crippen LogP contribution in [0.1, 0.15) is 34.5 Å². The number of amides is 1. The van der Waals surface area contributed by atoms with Crippen LogP contribution in [-0.4, -0.2) is 12.3 Å². The lowest BCUT2D eigenvalue weighted by molar-refractivity contribution is -0.274. The van der Waals surface area contributed by atoms with Gasteiger partial charge < -0.3 is 10.1 Å². The predicted octanol–water partition coefficient (Wildman–Crippen LogP) is 5.10. The van der Waals surface area contributed by atoms with Gasteiger partial charge in [-0.05, 0) is 36.8 Å². The molecule has 2 rings (SSSR count). The minimum absolute atomic E-state index is 0.400. The van der Waals surface area contributed by atoms with E-state index >= 15 is 0 Å². The molecule has 3 nitrogen and oxygen atoms in total. The number of benzene rings is 2. The molecular weight excluding hydrogens is 364 g/mol. The lowest BCUT2D eigenvalue weighted by Crippen LogP contribution is -2.28. The molecule has 0 bridgehead atoms. The molecule has 2 aromatic carbocycles. The molecule has 0 aliphatic heterocycles. The third kappa shape index (κ3) is 5.14. The van der Waals surface area contributed by atoms with Crippen molar-refractivity contribution in [2.75, 3.05) is 0 Å². The molecular formula is C17H13F6NO2. The Morgan fingerprint density at radius 1 is 0.962 bits per heavy atom. The second-order valence-electron chi connectivity index (χ2n) is 5.36. The Balaban J connectivity index is 2.13. The lowest BCUT2D eigenvalue weighted by atomic mass is 10.0. The van der Waals surface area contributed by atoms with Gasteiger partial charge in [-0.15, -0.1) is 13.2 Å². The van der Waals surface area contributed by atoms with Gasteiger partial charge in [0.25, 0.3) is 5.91 Å². The zero-order valence-corrected chi connectivity index (χ0v) is 13.3. The molecule has 1 atom stereocenters. The first-order valence-electron chi connectivity index (χ1n) is 7.30. The van der Waals surface area contributed by atoms with Crippen LogP contribution in [0.15, 0.2) is 48.5 Å². The normalized spacial score (nSPS) is 13.2. The number of hydrogen-bond acceptors (Lipinski definition) is 2. The number of carbonyl (C=O) groups excluding carboxylic acids is 1. The summed E-state index contributed by atoms with van der Waals surface area (Å²) < 4.78 is 79.0. The van der Waals surface area contributed by atoms with E-state index in [-0.39, 0.29) is 0 Å². The quantitative estimate of drug-likeness (QED) is 0.754. The summed E-state index contributed by atoms with van der Waals surface area (Å²) in [5, 5.41) is 2.39. The number of rotatable bonds is 4. The van der Waals surface area contributed by atoms with Gasteiger partial charge in [-0.2, -0.15) is 13.2 Å². The predicted molar refractivity (Wildman–Crippen MR) is 80.5 cm³/mol. The van der Waals surface area contributed by atoms with Crippen molar-refractivity contribution in [3.8, 4) is 5.75 Å². The number of carbonyl (C=O) groups is 1. The van der Waals surface area contributed by atoms with Crippen LogP contribution >= 0.6 is 0 Å². The second-order valence-corrected chi connectivity index (χ2v) is 5.36. The highest BCUT2D eigenvalue weighted by Crippen LogP contribution is 2.32. The number of alkyl halides is 6. The van der Waals surface area contributed by atoms with Crippen molar-refractivity contribution >= 4 is 5.91 Å². The molecule has 0 fully saturated rings. The Bertz CT molecular complexity index is 768. The molecule has 140 valence electrons. The summed E-state index contributed by atoms with van der Waals surface area (Å²) in [6.07, 6.45) is -9.52. The van der Waals surface area contributed by atoms with Crippen LogP contribution in [0.4, 0.5) is 26.3 Å². The highest BCUT2D eigenvalue weighted by Gasteiger charge is 2.35. The van der Waals surface area contributed by atoms with Crippen molar-refractivity contribution in [1.82, 2.24) is 5.32 Å². The molecule has 9 heteroatoms. The van der Waals surface area contributed by atoms with Crippen molar-refractivity contribution in [3.63, 3.8) is 0 Å². The molecule has 0 aliphatic carbocycles. The SMILES string of the molecule is C[C@@H](NC(=O)c1ccccc1C(F)(F)F)c1ccc(OC(F)(F)F)cc1. The molecule has 1 N–H and O–H groups in total. The molecule has 0 radical (unpaired) electrons. The summed E-state index contributed by atoms with van der Waals surface area (Å²) in [4.78, 5) is 12.2. The lowest BCUT2D eigenvalue weighted by Gasteiger charge is -2.17. The third-order valence-electron chi connectivity index (χ3n) is 3.44. The Kier molecular flexibility index (Phi) is 5.48. The summed E-state index contributed by atoms with van der Waals surface area (Å²) in [5.41, 5.74) is -1.21. The fourth-order valence-electron chi connectivity index (χ4n) is 2.24. The highest BCUT2D eigenvalue weighted by atomic mass is 19.4. The third-order valence-corrected chi connectivity index (χ3v) is 3.44. The molecule has 0 saturated heterocycles. The van der Waals surface area contributed by atoms with Crippen LogP contribution in [0.3, 0.4) is 0 Å². The Morgan fingerprint density at radius 2 is 1.54 bits per heavy atom. The molecule has 0 aliphatic rings. The Labute approximate surface area is 144 Å². The van der Waals surface area contributed by atoms with E-state index in [2.05, 4.69) is 10.1 Å². The number of halogens is 6. The molecule has 26 heavy (non-hydrogen) atoms. The van der Waals surface area contributed by atoms with Crippen LogP contribution in [0.5, 0.6) is 5.75 Å². The Morgan fingerprint density at radius 3 is 2.08 bits per heavy atom. The smallest absolute Gasteiger partial charge is 0.406 e. The first kappa shape index (κ1) is 19.6. The van der Waals surface area contributed by atoms with Crippen LogP contribution in [-0.2, 0) is 6.18 Å². The topological polar surface area (TPSA) is 38.3 Å². The van der Waals surface area contributed by atoms with Gasteiger partial charge in [0.05, 0.1) is 17.2 Å². The van der Waals surface area contributed by atoms with Crippen LogP contribution < -0.4 is 10.1 Å². The zero-order chi connectivity index (χ0) is 19.5. The number of hydrogen-bond donors (Lipinski definition) is 1. The zero-order valence-electron chi connectivity index (χ0n) is 13.3. The van der Waals surface area contributed by atoms with Gasteiger partial charge in [0.15, 0.2) is 0 Å². The minimum Gasteiger partial charge on any atom is -0.406 e. The van der Waals surface area contributed by atoms with E-state index in [0.717, 1.165) is 24.3 Å².